The highest BCUT2D eigenvalue weighted by Gasteiger charge is 2.34. The standard InChI is InChI=1S/C27H18ClF5N4O3/c28-19-3-1-15(9-18(19)27(31,32)33)26(39)35-16-11-17(24(30)20(29)12-16)25(38)14-2-4-21-22(10-14)36-23(13-34-21)37-5-7-40-8-6-37/h1-4,9-13H,5-8H2,(H,35,39). The van der Waals surface area contributed by atoms with Crippen molar-refractivity contribution in [2.24, 2.45) is 0 Å². The number of rotatable bonds is 5. The summed E-state index contributed by atoms with van der Waals surface area (Å²) in [6, 6.07) is 8.27. The third kappa shape index (κ3) is 5.58. The Labute approximate surface area is 228 Å². The molecule has 0 atom stereocenters. The molecule has 4 aromatic rings. The molecule has 2 heterocycles. The van der Waals surface area contributed by atoms with Crippen LogP contribution in [0.4, 0.5) is 33.5 Å². The molecule has 0 aliphatic carbocycles. The van der Waals surface area contributed by atoms with Crippen LogP contribution in [0.5, 0.6) is 0 Å². The maximum atomic E-state index is 14.7. The van der Waals surface area contributed by atoms with Crippen molar-refractivity contribution in [3.05, 3.63) is 93.6 Å². The first kappa shape index (κ1) is 27.4. The number of ketones is 1. The number of hydrogen-bond acceptors (Lipinski definition) is 6. The summed E-state index contributed by atoms with van der Waals surface area (Å²) in [5, 5.41) is 1.59. The second-order valence-electron chi connectivity index (χ2n) is 8.83. The van der Waals surface area contributed by atoms with Gasteiger partial charge >= 0.3 is 6.18 Å². The van der Waals surface area contributed by atoms with Gasteiger partial charge in [0.15, 0.2) is 17.4 Å². The molecule has 0 spiro atoms. The molecule has 0 unspecified atom stereocenters. The fourth-order valence-electron chi connectivity index (χ4n) is 4.16. The molecule has 206 valence electrons. The first-order chi connectivity index (χ1) is 19.0. The Morgan fingerprint density at radius 2 is 1.68 bits per heavy atom. The summed E-state index contributed by atoms with van der Waals surface area (Å²) < 4.78 is 74.1. The van der Waals surface area contributed by atoms with Crippen molar-refractivity contribution in [2.75, 3.05) is 36.5 Å². The van der Waals surface area contributed by atoms with Crippen LogP contribution in [0.2, 0.25) is 5.02 Å². The molecule has 1 saturated heterocycles. The molecule has 0 bridgehead atoms. The number of alkyl halides is 3. The summed E-state index contributed by atoms with van der Waals surface area (Å²) in [6.45, 7) is 2.26. The normalized spacial score (nSPS) is 13.9. The van der Waals surface area contributed by atoms with Gasteiger partial charge in [-0.15, -0.1) is 0 Å². The highest BCUT2D eigenvalue weighted by atomic mass is 35.5. The molecule has 5 rings (SSSR count). The van der Waals surface area contributed by atoms with Crippen LogP contribution in [0.1, 0.15) is 31.8 Å². The highest BCUT2D eigenvalue weighted by molar-refractivity contribution is 6.31. The fraction of sp³-hybridized carbons (Fsp3) is 0.185. The monoisotopic (exact) mass is 576 g/mol. The zero-order valence-electron chi connectivity index (χ0n) is 20.4. The Morgan fingerprint density at radius 1 is 0.950 bits per heavy atom. The van der Waals surface area contributed by atoms with Crippen LogP contribution in [0.15, 0.2) is 54.7 Å². The maximum Gasteiger partial charge on any atom is 0.417 e. The summed E-state index contributed by atoms with van der Waals surface area (Å²) in [4.78, 5) is 36.7. The summed E-state index contributed by atoms with van der Waals surface area (Å²) in [6.07, 6.45) is -3.23. The van der Waals surface area contributed by atoms with Crippen molar-refractivity contribution < 1.29 is 36.3 Å². The van der Waals surface area contributed by atoms with E-state index in [4.69, 9.17) is 16.3 Å². The van der Waals surface area contributed by atoms with Gasteiger partial charge in [-0.1, -0.05) is 11.6 Å². The Balaban J connectivity index is 1.44. The number of aromatic nitrogens is 2. The molecule has 13 heteroatoms. The molecule has 1 aliphatic rings. The number of nitrogens with one attached hydrogen (secondary N) is 1. The zero-order valence-corrected chi connectivity index (χ0v) is 21.1. The van der Waals surface area contributed by atoms with Gasteiger partial charge in [0.1, 0.15) is 5.82 Å². The van der Waals surface area contributed by atoms with Crippen LogP contribution in [-0.4, -0.2) is 48.0 Å². The van der Waals surface area contributed by atoms with E-state index < -0.39 is 51.2 Å². The molecule has 1 aliphatic heterocycles. The van der Waals surface area contributed by atoms with E-state index in [-0.39, 0.29) is 11.3 Å². The Bertz CT molecular complexity index is 1640. The Morgan fingerprint density at radius 3 is 2.40 bits per heavy atom. The largest absolute Gasteiger partial charge is 0.417 e. The van der Waals surface area contributed by atoms with Crippen LogP contribution in [0.25, 0.3) is 11.0 Å². The molecular weight excluding hydrogens is 559 g/mol. The number of fused-ring (bicyclic) bond motifs is 1. The molecule has 0 radical (unpaired) electrons. The van der Waals surface area contributed by atoms with Gasteiger partial charge in [-0.2, -0.15) is 13.2 Å². The summed E-state index contributed by atoms with van der Waals surface area (Å²) in [5.41, 5.74) is -1.90. The van der Waals surface area contributed by atoms with Crippen LogP contribution in [-0.2, 0) is 10.9 Å². The summed E-state index contributed by atoms with van der Waals surface area (Å²) in [7, 11) is 0. The van der Waals surface area contributed by atoms with Gasteiger partial charge in [0, 0.05) is 36.0 Å². The van der Waals surface area contributed by atoms with E-state index in [0.717, 1.165) is 18.2 Å². The van der Waals surface area contributed by atoms with E-state index in [9.17, 15) is 31.5 Å². The molecule has 3 aromatic carbocycles. The molecule has 1 N–H and O–H groups in total. The van der Waals surface area contributed by atoms with Crippen LogP contribution in [0, 0.1) is 11.6 Å². The summed E-state index contributed by atoms with van der Waals surface area (Å²) >= 11 is 5.59. The fourth-order valence-corrected chi connectivity index (χ4v) is 4.38. The van der Waals surface area contributed by atoms with E-state index in [1.54, 1.807) is 6.20 Å². The van der Waals surface area contributed by atoms with Crippen LogP contribution in [0.3, 0.4) is 0 Å². The van der Waals surface area contributed by atoms with Crippen molar-refractivity contribution in [1.29, 1.82) is 0 Å². The summed E-state index contributed by atoms with van der Waals surface area (Å²) in [5.74, 6) is -4.29. The SMILES string of the molecule is O=C(Nc1cc(F)c(F)c(C(=O)c2ccc3ncc(N4CCOCC4)nc3c2)c1)c1ccc(Cl)c(C(F)(F)F)c1. The van der Waals surface area contributed by atoms with E-state index in [1.807, 2.05) is 4.90 Å². The number of anilines is 2. The number of carbonyl (C=O) groups is 2. The van der Waals surface area contributed by atoms with Gasteiger partial charge < -0.3 is 15.0 Å². The van der Waals surface area contributed by atoms with Crippen LogP contribution >= 0.6 is 11.6 Å². The number of nitrogens with zero attached hydrogens (tertiary/aromatic N) is 3. The smallest absolute Gasteiger partial charge is 0.378 e. The van der Waals surface area contributed by atoms with E-state index in [1.165, 1.54) is 18.2 Å². The van der Waals surface area contributed by atoms with Crippen molar-refractivity contribution in [1.82, 2.24) is 9.97 Å². The third-order valence-electron chi connectivity index (χ3n) is 6.19. The lowest BCUT2D eigenvalue weighted by atomic mass is 10.0. The minimum Gasteiger partial charge on any atom is -0.378 e. The van der Waals surface area contributed by atoms with Crippen molar-refractivity contribution in [2.45, 2.75) is 6.18 Å². The van der Waals surface area contributed by atoms with E-state index in [2.05, 4.69) is 15.3 Å². The molecule has 7 nitrogen and oxygen atoms in total. The van der Waals surface area contributed by atoms with Crippen molar-refractivity contribution in [3.63, 3.8) is 0 Å². The molecule has 1 aromatic heterocycles. The van der Waals surface area contributed by atoms with E-state index in [0.29, 0.717) is 55.3 Å². The number of morpholine rings is 1. The average Bonchev–Trinajstić information content (AvgIpc) is 2.94. The Hall–Kier alpha value is -4.16. The van der Waals surface area contributed by atoms with Gasteiger partial charge in [-0.25, -0.2) is 13.8 Å². The molecule has 1 fully saturated rings. The maximum absolute atomic E-state index is 14.7. The number of carbonyl (C=O) groups excluding carboxylic acids is 2. The van der Waals surface area contributed by atoms with Crippen molar-refractivity contribution >= 4 is 45.8 Å². The topological polar surface area (TPSA) is 84.4 Å². The minimum absolute atomic E-state index is 0.0183. The predicted molar refractivity (Wildman–Crippen MR) is 137 cm³/mol. The van der Waals surface area contributed by atoms with E-state index >= 15 is 0 Å². The van der Waals surface area contributed by atoms with Gasteiger partial charge in [0.25, 0.3) is 5.91 Å². The van der Waals surface area contributed by atoms with Gasteiger partial charge in [-0.3, -0.25) is 14.6 Å². The lowest BCUT2D eigenvalue weighted by molar-refractivity contribution is -0.137. The minimum atomic E-state index is -4.82. The molecule has 40 heavy (non-hydrogen) atoms. The predicted octanol–water partition coefficient (Wildman–Crippen LogP) is 5.90. The van der Waals surface area contributed by atoms with Crippen LogP contribution < -0.4 is 10.2 Å². The zero-order chi connectivity index (χ0) is 28.6. The second kappa shape index (κ2) is 10.8. The quantitative estimate of drug-likeness (QED) is 0.235. The number of benzene rings is 3. The number of amides is 1. The van der Waals surface area contributed by atoms with Crippen molar-refractivity contribution in [3.8, 4) is 0 Å². The average molecular weight is 577 g/mol. The molecule has 0 saturated carbocycles. The van der Waals surface area contributed by atoms with Gasteiger partial charge in [0.05, 0.1) is 46.6 Å². The highest BCUT2D eigenvalue weighted by Crippen LogP contribution is 2.35. The first-order valence-electron chi connectivity index (χ1n) is 11.8. The second-order valence-corrected chi connectivity index (χ2v) is 9.23. The number of ether oxygens (including phenoxy) is 1. The Kier molecular flexibility index (Phi) is 7.39. The number of halogens is 6. The van der Waals surface area contributed by atoms with Gasteiger partial charge in [0.2, 0.25) is 0 Å². The third-order valence-corrected chi connectivity index (χ3v) is 6.52. The first-order valence-corrected chi connectivity index (χ1v) is 12.2. The lowest BCUT2D eigenvalue weighted by Gasteiger charge is -2.27. The number of hydrogen-bond donors (Lipinski definition) is 1. The molecule has 1 amide bonds. The lowest BCUT2D eigenvalue weighted by Crippen LogP contribution is -2.36. The molecular formula is C27H18ClF5N4O3. The van der Waals surface area contributed by atoms with Gasteiger partial charge in [-0.05, 0) is 42.5 Å².